The van der Waals surface area contributed by atoms with Gasteiger partial charge >= 0.3 is 6.18 Å². The minimum atomic E-state index is -4.96. The molecule has 1 fully saturated rings. The maximum absolute atomic E-state index is 14.1. The Kier molecular flexibility index (Phi) is 4.99. The molecule has 130 valence electrons. The van der Waals surface area contributed by atoms with Gasteiger partial charge < -0.3 is 4.55 Å². The molecular formula is C15H18F5NOS. The van der Waals surface area contributed by atoms with Gasteiger partial charge in [-0.15, -0.1) is 4.72 Å². The molecule has 0 spiro atoms. The van der Waals surface area contributed by atoms with E-state index < -0.39 is 45.5 Å². The minimum Gasteiger partial charge on any atom is -0.598 e. The van der Waals surface area contributed by atoms with E-state index in [1.807, 2.05) is 0 Å². The molecule has 1 aromatic rings. The second-order valence-corrected chi connectivity index (χ2v) is 8.66. The number of hydrogen-bond donors (Lipinski definition) is 1. The van der Waals surface area contributed by atoms with Gasteiger partial charge in [-0.1, -0.05) is 0 Å². The third-order valence-corrected chi connectivity index (χ3v) is 5.19. The first-order valence-electron chi connectivity index (χ1n) is 7.15. The van der Waals surface area contributed by atoms with Gasteiger partial charge in [-0.25, -0.2) is 8.78 Å². The highest BCUT2D eigenvalue weighted by atomic mass is 32.2. The van der Waals surface area contributed by atoms with Gasteiger partial charge in [0, 0.05) is 16.9 Å². The van der Waals surface area contributed by atoms with Crippen LogP contribution in [0.5, 0.6) is 0 Å². The molecule has 1 aliphatic rings. The highest BCUT2D eigenvalue weighted by molar-refractivity contribution is 7.90. The zero-order chi connectivity index (χ0) is 17.6. The third kappa shape index (κ3) is 4.36. The van der Waals surface area contributed by atoms with Crippen molar-refractivity contribution >= 4 is 11.4 Å². The summed E-state index contributed by atoms with van der Waals surface area (Å²) in [5, 5.41) is 0. The first-order chi connectivity index (χ1) is 10.4. The lowest BCUT2D eigenvalue weighted by Crippen LogP contribution is -2.42. The summed E-state index contributed by atoms with van der Waals surface area (Å²) in [4.78, 5) is 0. The molecule has 1 aliphatic carbocycles. The van der Waals surface area contributed by atoms with Crippen molar-refractivity contribution in [3.8, 4) is 0 Å². The fourth-order valence-corrected chi connectivity index (χ4v) is 3.06. The Bertz CT molecular complexity index is 580. The van der Waals surface area contributed by atoms with Crippen LogP contribution in [0, 0.1) is 17.6 Å². The molecule has 1 unspecified atom stereocenters. The average molecular weight is 355 g/mol. The lowest BCUT2D eigenvalue weighted by Gasteiger charge is -2.28. The molecule has 23 heavy (non-hydrogen) atoms. The molecule has 0 radical (unpaired) electrons. The average Bonchev–Trinajstić information content (AvgIpc) is 3.20. The van der Waals surface area contributed by atoms with Crippen LogP contribution >= 0.6 is 0 Å². The number of halogens is 5. The lowest BCUT2D eigenvalue weighted by atomic mass is 10.0. The third-order valence-electron chi connectivity index (χ3n) is 3.61. The first-order valence-corrected chi connectivity index (χ1v) is 8.30. The highest BCUT2D eigenvalue weighted by Gasteiger charge is 2.41. The van der Waals surface area contributed by atoms with Crippen LogP contribution in [0.1, 0.15) is 50.8 Å². The molecule has 0 aromatic heterocycles. The number of nitrogens with one attached hydrogen (secondary N) is 1. The molecule has 2 rings (SSSR count). The van der Waals surface area contributed by atoms with Crippen LogP contribution in [0.2, 0.25) is 0 Å². The Morgan fingerprint density at radius 3 is 2.13 bits per heavy atom. The van der Waals surface area contributed by atoms with Crippen molar-refractivity contribution < 1.29 is 26.5 Å². The minimum absolute atomic E-state index is 0.0630. The molecule has 2 atom stereocenters. The van der Waals surface area contributed by atoms with Gasteiger partial charge in [0.05, 0.1) is 11.6 Å². The molecule has 8 heteroatoms. The Morgan fingerprint density at radius 1 is 1.13 bits per heavy atom. The zero-order valence-corrected chi connectivity index (χ0v) is 13.7. The normalized spacial score (nSPS) is 18.8. The summed E-state index contributed by atoms with van der Waals surface area (Å²) in [6.45, 7) is 5.14. The number of rotatable bonds is 4. The Labute approximate surface area is 134 Å². The van der Waals surface area contributed by atoms with E-state index in [4.69, 9.17) is 0 Å². The molecule has 1 N–H and O–H groups in total. The summed E-state index contributed by atoms with van der Waals surface area (Å²) in [5.41, 5.74) is -1.85. The standard InChI is InChI=1S/C15H18F5NOS/c1-14(2,3)23(22)21-13(8-4-5-8)9-6-12(17)10(7-11(9)16)15(18,19)20/h6-8,13,21H,4-5H2,1-3H3/t13?,23-/m0/s1. The van der Waals surface area contributed by atoms with Crippen LogP contribution in [0.25, 0.3) is 0 Å². The molecule has 0 saturated heterocycles. The second kappa shape index (κ2) is 6.22. The molecule has 0 amide bonds. The molecule has 1 saturated carbocycles. The predicted octanol–water partition coefficient (Wildman–Crippen LogP) is 4.49. The van der Waals surface area contributed by atoms with Crippen molar-refractivity contribution in [3.05, 3.63) is 34.9 Å². The quantitative estimate of drug-likeness (QED) is 0.638. The Balaban J connectivity index is 2.35. The molecule has 0 heterocycles. The van der Waals surface area contributed by atoms with Gasteiger partial charge in [-0.3, -0.25) is 0 Å². The molecule has 0 bridgehead atoms. The molecular weight excluding hydrogens is 337 g/mol. The lowest BCUT2D eigenvalue weighted by molar-refractivity contribution is -0.140. The van der Waals surface area contributed by atoms with E-state index in [2.05, 4.69) is 4.72 Å². The van der Waals surface area contributed by atoms with Gasteiger partial charge in [-0.2, -0.15) is 13.2 Å². The SMILES string of the molecule is CC(C)(C)[S@+]([O-])NC(c1cc(F)c(C(F)(F)F)cc1F)C1CC1. The van der Waals surface area contributed by atoms with Crippen molar-refractivity contribution in [1.29, 1.82) is 0 Å². The van der Waals surface area contributed by atoms with Crippen molar-refractivity contribution in [1.82, 2.24) is 4.72 Å². The van der Waals surface area contributed by atoms with E-state index in [1.165, 1.54) is 0 Å². The van der Waals surface area contributed by atoms with Crippen LogP contribution < -0.4 is 4.72 Å². The van der Waals surface area contributed by atoms with E-state index in [1.54, 1.807) is 20.8 Å². The van der Waals surface area contributed by atoms with Crippen LogP contribution in [-0.4, -0.2) is 9.30 Å². The summed E-state index contributed by atoms with van der Waals surface area (Å²) >= 11 is -1.55. The fourth-order valence-electron chi connectivity index (χ4n) is 2.15. The fraction of sp³-hybridized carbons (Fsp3) is 0.600. The van der Waals surface area contributed by atoms with Gasteiger partial charge in [0.15, 0.2) is 0 Å². The topological polar surface area (TPSA) is 35.1 Å². The van der Waals surface area contributed by atoms with Gasteiger partial charge in [0.2, 0.25) is 0 Å². The number of hydrogen-bond acceptors (Lipinski definition) is 2. The summed E-state index contributed by atoms with van der Waals surface area (Å²) in [6, 6.07) is -0.0396. The molecule has 2 nitrogen and oxygen atoms in total. The van der Waals surface area contributed by atoms with Crippen molar-refractivity contribution in [2.75, 3.05) is 0 Å². The van der Waals surface area contributed by atoms with Gasteiger partial charge in [0.1, 0.15) is 16.4 Å². The molecule has 0 aliphatic heterocycles. The zero-order valence-electron chi connectivity index (χ0n) is 12.9. The van der Waals surface area contributed by atoms with E-state index in [0.717, 1.165) is 12.8 Å². The molecule has 1 aromatic carbocycles. The van der Waals surface area contributed by atoms with Gasteiger partial charge in [0.25, 0.3) is 0 Å². The maximum atomic E-state index is 14.1. The van der Waals surface area contributed by atoms with Gasteiger partial charge in [-0.05, 0) is 51.7 Å². The Hall–Kier alpha value is -0.860. The predicted molar refractivity (Wildman–Crippen MR) is 77.9 cm³/mol. The van der Waals surface area contributed by atoms with Crippen molar-refractivity contribution in [2.45, 2.75) is 50.6 Å². The largest absolute Gasteiger partial charge is 0.598 e. The summed E-state index contributed by atoms with van der Waals surface area (Å²) in [5.74, 6) is -2.73. The second-order valence-electron chi connectivity index (χ2n) is 6.67. The van der Waals surface area contributed by atoms with Crippen LogP contribution in [-0.2, 0) is 17.5 Å². The summed E-state index contributed by atoms with van der Waals surface area (Å²) in [6.07, 6.45) is -3.51. The van der Waals surface area contributed by atoms with E-state index >= 15 is 0 Å². The maximum Gasteiger partial charge on any atom is 0.419 e. The van der Waals surface area contributed by atoms with E-state index in [-0.39, 0.29) is 17.5 Å². The number of alkyl halides is 3. The Morgan fingerprint density at radius 2 is 1.70 bits per heavy atom. The smallest absolute Gasteiger partial charge is 0.419 e. The summed E-state index contributed by atoms with van der Waals surface area (Å²) < 4.78 is 80.1. The van der Waals surface area contributed by atoms with Crippen molar-refractivity contribution in [2.24, 2.45) is 5.92 Å². The monoisotopic (exact) mass is 355 g/mol. The summed E-state index contributed by atoms with van der Waals surface area (Å²) in [7, 11) is 0. The van der Waals surface area contributed by atoms with Crippen molar-refractivity contribution in [3.63, 3.8) is 0 Å². The first kappa shape index (κ1) is 18.5. The van der Waals surface area contributed by atoms with E-state index in [9.17, 15) is 26.5 Å². The van der Waals surface area contributed by atoms with Crippen LogP contribution in [0.4, 0.5) is 22.0 Å². The van der Waals surface area contributed by atoms with Crippen LogP contribution in [0.15, 0.2) is 12.1 Å². The van der Waals surface area contributed by atoms with E-state index in [0.29, 0.717) is 6.07 Å². The number of benzene rings is 1. The highest BCUT2D eigenvalue weighted by Crippen LogP contribution is 2.44. The van der Waals surface area contributed by atoms with Crippen LogP contribution in [0.3, 0.4) is 0 Å².